The summed E-state index contributed by atoms with van der Waals surface area (Å²) < 4.78 is 37.1. The number of aromatic nitrogens is 1. The van der Waals surface area contributed by atoms with Gasteiger partial charge in [-0.1, -0.05) is 24.3 Å². The molecule has 0 aliphatic rings. The number of aliphatic hydroxyl groups is 1. The van der Waals surface area contributed by atoms with Crippen LogP contribution in [0.15, 0.2) is 42.6 Å². The molecule has 2 amide bonds. The van der Waals surface area contributed by atoms with Crippen molar-refractivity contribution in [3.63, 3.8) is 0 Å². The van der Waals surface area contributed by atoms with Gasteiger partial charge in [-0.05, 0) is 29.7 Å². The van der Waals surface area contributed by atoms with E-state index in [4.69, 9.17) is 5.11 Å². The van der Waals surface area contributed by atoms with Crippen LogP contribution >= 0.6 is 0 Å². The van der Waals surface area contributed by atoms with Crippen LogP contribution in [0.1, 0.15) is 16.8 Å². The number of halogens is 3. The van der Waals surface area contributed by atoms with Crippen LogP contribution in [0.4, 0.5) is 23.7 Å². The average Bonchev–Trinajstić information content (AvgIpc) is 2.55. The molecule has 1 aromatic carbocycles. The second-order valence-electron chi connectivity index (χ2n) is 5.04. The average molecular weight is 339 g/mol. The van der Waals surface area contributed by atoms with E-state index < -0.39 is 17.9 Å². The van der Waals surface area contributed by atoms with Gasteiger partial charge in [0.05, 0.1) is 18.5 Å². The van der Waals surface area contributed by atoms with E-state index in [0.29, 0.717) is 13.0 Å². The zero-order valence-electron chi connectivity index (χ0n) is 12.6. The lowest BCUT2D eigenvalue weighted by Crippen LogP contribution is -2.30. The molecule has 128 valence electrons. The number of pyridine rings is 1. The Morgan fingerprint density at radius 1 is 1.08 bits per heavy atom. The van der Waals surface area contributed by atoms with Gasteiger partial charge >= 0.3 is 12.2 Å². The molecule has 2 rings (SSSR count). The second-order valence-corrected chi connectivity index (χ2v) is 5.04. The first-order valence-corrected chi connectivity index (χ1v) is 7.15. The summed E-state index contributed by atoms with van der Waals surface area (Å²) in [6, 6.07) is 8.72. The van der Waals surface area contributed by atoms with Crippen LogP contribution in [0.25, 0.3) is 0 Å². The van der Waals surface area contributed by atoms with Gasteiger partial charge in [-0.2, -0.15) is 13.2 Å². The van der Waals surface area contributed by atoms with Crippen molar-refractivity contribution in [1.82, 2.24) is 10.3 Å². The highest BCUT2D eigenvalue weighted by Crippen LogP contribution is 2.27. The third-order valence-electron chi connectivity index (χ3n) is 3.22. The number of anilines is 1. The van der Waals surface area contributed by atoms with E-state index in [0.717, 1.165) is 29.5 Å². The molecule has 0 unspecified atom stereocenters. The first kappa shape index (κ1) is 17.7. The molecule has 5 nitrogen and oxygen atoms in total. The monoisotopic (exact) mass is 339 g/mol. The summed E-state index contributed by atoms with van der Waals surface area (Å²) in [7, 11) is 0. The highest BCUT2D eigenvalue weighted by atomic mass is 19.4. The molecule has 2 aromatic rings. The van der Waals surface area contributed by atoms with E-state index in [1.807, 2.05) is 12.1 Å². The molecule has 24 heavy (non-hydrogen) atoms. The molecule has 0 aliphatic carbocycles. The van der Waals surface area contributed by atoms with Crippen LogP contribution in [-0.4, -0.2) is 22.7 Å². The van der Waals surface area contributed by atoms with E-state index in [9.17, 15) is 18.0 Å². The molecule has 0 radical (unpaired) electrons. The minimum Gasteiger partial charge on any atom is -0.392 e. The SMILES string of the molecule is O=C(NCCc1ccc(CO)cc1)Nc1ccc(C(F)(F)F)nc1. The molecule has 8 heteroatoms. The van der Waals surface area contributed by atoms with E-state index in [-0.39, 0.29) is 12.3 Å². The fraction of sp³-hybridized carbons (Fsp3) is 0.250. The third-order valence-corrected chi connectivity index (χ3v) is 3.22. The molecule has 3 N–H and O–H groups in total. The fourth-order valence-electron chi connectivity index (χ4n) is 1.94. The molecule has 0 aliphatic heterocycles. The topological polar surface area (TPSA) is 74.2 Å². The highest BCUT2D eigenvalue weighted by molar-refractivity contribution is 5.88. The first-order valence-electron chi connectivity index (χ1n) is 7.15. The maximum absolute atomic E-state index is 12.4. The molecule has 1 heterocycles. The van der Waals surface area contributed by atoms with Gasteiger partial charge < -0.3 is 15.7 Å². The highest BCUT2D eigenvalue weighted by Gasteiger charge is 2.32. The third kappa shape index (κ3) is 5.24. The van der Waals surface area contributed by atoms with Crippen LogP contribution in [-0.2, 0) is 19.2 Å². The number of nitrogens with zero attached hydrogens (tertiary/aromatic N) is 1. The van der Waals surface area contributed by atoms with Crippen LogP contribution < -0.4 is 10.6 Å². The molecule has 1 aromatic heterocycles. The zero-order chi connectivity index (χ0) is 17.6. The number of carbonyl (C=O) groups excluding carboxylic acids is 1. The maximum atomic E-state index is 12.4. The number of amides is 2. The number of aliphatic hydroxyl groups excluding tert-OH is 1. The van der Waals surface area contributed by atoms with Crippen molar-refractivity contribution in [2.24, 2.45) is 0 Å². The Labute approximate surface area is 136 Å². The quantitative estimate of drug-likeness (QED) is 0.784. The number of alkyl halides is 3. The number of hydrogen-bond acceptors (Lipinski definition) is 3. The van der Waals surface area contributed by atoms with Crippen molar-refractivity contribution < 1.29 is 23.1 Å². The summed E-state index contributed by atoms with van der Waals surface area (Å²) >= 11 is 0. The van der Waals surface area contributed by atoms with E-state index in [1.54, 1.807) is 12.1 Å². The van der Waals surface area contributed by atoms with Crippen LogP contribution in [0.5, 0.6) is 0 Å². The number of rotatable bonds is 5. The molecule has 0 fully saturated rings. The van der Waals surface area contributed by atoms with Gasteiger partial charge in [0.2, 0.25) is 0 Å². The fourth-order valence-corrected chi connectivity index (χ4v) is 1.94. The lowest BCUT2D eigenvalue weighted by Gasteiger charge is -2.09. The van der Waals surface area contributed by atoms with Gasteiger partial charge in [-0.3, -0.25) is 0 Å². The summed E-state index contributed by atoms with van der Waals surface area (Å²) in [5, 5.41) is 14.0. The Balaban J connectivity index is 1.78. The van der Waals surface area contributed by atoms with Crippen LogP contribution in [0.2, 0.25) is 0 Å². The predicted octanol–water partition coefficient (Wildman–Crippen LogP) is 2.96. The van der Waals surface area contributed by atoms with Crippen LogP contribution in [0.3, 0.4) is 0 Å². The van der Waals surface area contributed by atoms with Crippen molar-refractivity contribution in [3.8, 4) is 0 Å². The lowest BCUT2D eigenvalue weighted by molar-refractivity contribution is -0.141. The van der Waals surface area contributed by atoms with E-state index in [1.165, 1.54) is 0 Å². The molecular weight excluding hydrogens is 323 g/mol. The Morgan fingerprint density at radius 2 is 1.75 bits per heavy atom. The second kappa shape index (κ2) is 7.78. The molecule has 0 bridgehead atoms. The van der Waals surface area contributed by atoms with Crippen LogP contribution in [0, 0.1) is 0 Å². The van der Waals surface area contributed by atoms with Gasteiger partial charge in [-0.25, -0.2) is 9.78 Å². The zero-order valence-corrected chi connectivity index (χ0v) is 12.6. The minimum atomic E-state index is -4.51. The van der Waals surface area contributed by atoms with Gasteiger partial charge in [0, 0.05) is 6.54 Å². The Hall–Kier alpha value is -2.61. The van der Waals surface area contributed by atoms with Crippen molar-refractivity contribution in [2.75, 3.05) is 11.9 Å². The minimum absolute atomic E-state index is 0.0257. The number of hydrogen-bond donors (Lipinski definition) is 3. The molecule has 0 spiro atoms. The van der Waals surface area contributed by atoms with Crippen molar-refractivity contribution >= 4 is 11.7 Å². The van der Waals surface area contributed by atoms with E-state index >= 15 is 0 Å². The Bertz CT molecular complexity index is 670. The standard InChI is InChI=1S/C16H16F3N3O2/c17-16(18,19)14-6-5-13(9-21-14)22-15(24)20-8-7-11-1-3-12(10-23)4-2-11/h1-6,9,23H,7-8,10H2,(H2,20,22,24). The number of urea groups is 1. The van der Waals surface area contributed by atoms with Gasteiger partial charge in [0.1, 0.15) is 5.69 Å². The maximum Gasteiger partial charge on any atom is 0.433 e. The van der Waals surface area contributed by atoms with Gasteiger partial charge in [0.15, 0.2) is 0 Å². The molecule has 0 saturated carbocycles. The Kier molecular flexibility index (Phi) is 5.75. The normalized spacial score (nSPS) is 11.2. The first-order chi connectivity index (χ1) is 11.4. The van der Waals surface area contributed by atoms with Gasteiger partial charge in [-0.15, -0.1) is 0 Å². The number of carbonyl (C=O) groups is 1. The number of nitrogens with one attached hydrogen (secondary N) is 2. The number of benzene rings is 1. The molecule has 0 saturated heterocycles. The van der Waals surface area contributed by atoms with E-state index in [2.05, 4.69) is 15.6 Å². The van der Waals surface area contributed by atoms with Crippen molar-refractivity contribution in [1.29, 1.82) is 0 Å². The summed E-state index contributed by atoms with van der Waals surface area (Å²) in [4.78, 5) is 14.9. The summed E-state index contributed by atoms with van der Waals surface area (Å²) in [5.74, 6) is 0. The van der Waals surface area contributed by atoms with Gasteiger partial charge in [0.25, 0.3) is 0 Å². The largest absolute Gasteiger partial charge is 0.433 e. The summed E-state index contributed by atoms with van der Waals surface area (Å²) in [5.41, 5.74) is 0.954. The lowest BCUT2D eigenvalue weighted by atomic mass is 10.1. The summed E-state index contributed by atoms with van der Waals surface area (Å²) in [6.07, 6.45) is -2.97. The molecular formula is C16H16F3N3O2. The summed E-state index contributed by atoms with van der Waals surface area (Å²) in [6.45, 7) is 0.334. The Morgan fingerprint density at radius 3 is 2.29 bits per heavy atom. The van der Waals surface area contributed by atoms with Crippen molar-refractivity contribution in [2.45, 2.75) is 19.2 Å². The predicted molar refractivity (Wildman–Crippen MR) is 82.3 cm³/mol. The van der Waals surface area contributed by atoms with Crippen molar-refractivity contribution in [3.05, 3.63) is 59.4 Å². The molecule has 0 atom stereocenters. The smallest absolute Gasteiger partial charge is 0.392 e.